The van der Waals surface area contributed by atoms with Crippen LogP contribution in [0.3, 0.4) is 0 Å². The molecule has 0 aliphatic carbocycles. The van der Waals surface area contributed by atoms with Gasteiger partial charge in [-0.2, -0.15) is 0 Å². The Kier molecular flexibility index (Phi) is 6.83. The zero-order valence-corrected chi connectivity index (χ0v) is 19.2. The van der Waals surface area contributed by atoms with Crippen molar-refractivity contribution in [1.82, 2.24) is 14.9 Å². The Morgan fingerprint density at radius 1 is 1.12 bits per heavy atom. The predicted octanol–water partition coefficient (Wildman–Crippen LogP) is 5.12. The number of pyridine rings is 1. The summed E-state index contributed by atoms with van der Waals surface area (Å²) < 4.78 is 2.25. The number of amides is 1. The minimum atomic E-state index is -0.0855. The number of aromatic nitrogens is 2. The number of benzene rings is 2. The lowest BCUT2D eigenvalue weighted by atomic mass is 10.0. The van der Waals surface area contributed by atoms with Crippen LogP contribution in [-0.2, 0) is 17.9 Å². The first-order valence-electron chi connectivity index (χ1n) is 11.0. The quantitative estimate of drug-likeness (QED) is 0.305. The Morgan fingerprint density at radius 2 is 1.91 bits per heavy atom. The molecular weight excluding hydrogens is 412 g/mol. The first-order valence-corrected chi connectivity index (χ1v) is 11.0. The molecule has 0 saturated carbocycles. The summed E-state index contributed by atoms with van der Waals surface area (Å²) in [6.07, 6.45) is 5.17. The van der Waals surface area contributed by atoms with Crippen molar-refractivity contribution >= 4 is 23.0 Å². The molecule has 1 N–H and O–H groups in total. The highest BCUT2D eigenvalue weighted by molar-refractivity contribution is 6.09. The molecule has 33 heavy (non-hydrogen) atoms. The molecule has 6 nitrogen and oxygen atoms in total. The molecule has 2 aromatic heterocycles. The van der Waals surface area contributed by atoms with E-state index in [4.69, 9.17) is 4.84 Å². The predicted molar refractivity (Wildman–Crippen MR) is 132 cm³/mol. The fourth-order valence-electron chi connectivity index (χ4n) is 4.13. The van der Waals surface area contributed by atoms with Crippen LogP contribution in [0, 0.1) is 0 Å². The molecular formula is C27H28N4O2. The van der Waals surface area contributed by atoms with E-state index in [1.54, 1.807) is 18.6 Å². The number of carbonyl (C=O) groups is 1. The van der Waals surface area contributed by atoms with Crippen LogP contribution < -0.4 is 5.32 Å². The van der Waals surface area contributed by atoms with Gasteiger partial charge in [-0.05, 0) is 34.7 Å². The lowest BCUT2D eigenvalue weighted by molar-refractivity contribution is 0.0951. The Morgan fingerprint density at radius 3 is 2.61 bits per heavy atom. The molecule has 2 aromatic carbocycles. The fraction of sp³-hybridized carbons (Fsp3) is 0.222. The van der Waals surface area contributed by atoms with Gasteiger partial charge >= 0.3 is 0 Å². The van der Waals surface area contributed by atoms with E-state index in [1.165, 1.54) is 12.7 Å². The fourth-order valence-corrected chi connectivity index (χ4v) is 4.13. The summed E-state index contributed by atoms with van der Waals surface area (Å²) in [5.74, 6) is 0.0639. The smallest absolute Gasteiger partial charge is 0.254 e. The first-order chi connectivity index (χ1) is 16.1. The topological polar surface area (TPSA) is 68.5 Å². The molecule has 0 spiro atoms. The lowest BCUT2D eigenvalue weighted by Crippen LogP contribution is -2.24. The van der Waals surface area contributed by atoms with Gasteiger partial charge in [-0.3, -0.25) is 9.78 Å². The van der Waals surface area contributed by atoms with E-state index in [9.17, 15) is 4.79 Å². The van der Waals surface area contributed by atoms with Crippen molar-refractivity contribution in [3.63, 3.8) is 0 Å². The standard InChI is InChI=1S/C27H28N4O2/c1-19(2)26-25(27(32)29-16-22-10-7-13-28-15-22)23-12-11-21(17-30-33-3)14-24(23)31(26)18-20-8-5-4-6-9-20/h4-15,17,19H,16,18H2,1-3H3,(H,29,32). The molecule has 0 aliphatic heterocycles. The second-order valence-electron chi connectivity index (χ2n) is 8.22. The molecule has 4 rings (SSSR count). The highest BCUT2D eigenvalue weighted by Gasteiger charge is 2.24. The average molecular weight is 441 g/mol. The maximum atomic E-state index is 13.5. The zero-order chi connectivity index (χ0) is 23.2. The maximum absolute atomic E-state index is 13.5. The largest absolute Gasteiger partial charge is 0.399 e. The molecule has 0 aliphatic rings. The lowest BCUT2D eigenvalue weighted by Gasteiger charge is -2.16. The number of oxime groups is 1. The Hall–Kier alpha value is -3.93. The van der Waals surface area contributed by atoms with E-state index in [-0.39, 0.29) is 11.8 Å². The van der Waals surface area contributed by atoms with Crippen molar-refractivity contribution in [2.45, 2.75) is 32.9 Å². The third-order valence-corrected chi connectivity index (χ3v) is 5.57. The summed E-state index contributed by atoms with van der Waals surface area (Å²) in [4.78, 5) is 22.5. The summed E-state index contributed by atoms with van der Waals surface area (Å²) in [6, 6.07) is 20.1. The molecule has 0 atom stereocenters. The highest BCUT2D eigenvalue weighted by Crippen LogP contribution is 2.33. The maximum Gasteiger partial charge on any atom is 0.254 e. The Balaban J connectivity index is 1.82. The molecule has 1 amide bonds. The minimum Gasteiger partial charge on any atom is -0.399 e. The van der Waals surface area contributed by atoms with Crippen LogP contribution in [0.25, 0.3) is 10.9 Å². The second kappa shape index (κ2) is 10.1. The number of nitrogens with one attached hydrogen (secondary N) is 1. The van der Waals surface area contributed by atoms with Crippen molar-refractivity contribution in [2.24, 2.45) is 5.16 Å². The van der Waals surface area contributed by atoms with Gasteiger partial charge in [0.05, 0.1) is 17.3 Å². The van der Waals surface area contributed by atoms with E-state index in [0.717, 1.165) is 33.3 Å². The van der Waals surface area contributed by atoms with Crippen molar-refractivity contribution < 1.29 is 9.63 Å². The second-order valence-corrected chi connectivity index (χ2v) is 8.22. The van der Waals surface area contributed by atoms with Crippen molar-refractivity contribution in [3.05, 3.63) is 101 Å². The van der Waals surface area contributed by atoms with Crippen LogP contribution in [0.15, 0.2) is 78.2 Å². The van der Waals surface area contributed by atoms with Gasteiger partial charge in [0.2, 0.25) is 0 Å². The normalized spacial score (nSPS) is 11.4. The van der Waals surface area contributed by atoms with Crippen LogP contribution >= 0.6 is 0 Å². The van der Waals surface area contributed by atoms with Crippen LogP contribution in [0.1, 0.15) is 52.5 Å². The number of hydrogen-bond acceptors (Lipinski definition) is 4. The van der Waals surface area contributed by atoms with Crippen LogP contribution in [0.5, 0.6) is 0 Å². The Labute approximate surface area is 193 Å². The molecule has 168 valence electrons. The van der Waals surface area contributed by atoms with E-state index >= 15 is 0 Å². The number of rotatable bonds is 8. The number of carbonyl (C=O) groups excluding carboxylic acids is 1. The highest BCUT2D eigenvalue weighted by atomic mass is 16.6. The third kappa shape index (κ3) is 4.95. The van der Waals surface area contributed by atoms with Gasteiger partial charge in [0, 0.05) is 36.6 Å². The van der Waals surface area contributed by atoms with Gasteiger partial charge in [-0.1, -0.05) is 67.5 Å². The van der Waals surface area contributed by atoms with Crippen LogP contribution in [0.2, 0.25) is 0 Å². The van der Waals surface area contributed by atoms with Crippen LogP contribution in [-0.4, -0.2) is 28.8 Å². The third-order valence-electron chi connectivity index (χ3n) is 5.57. The van der Waals surface area contributed by atoms with Crippen molar-refractivity contribution in [1.29, 1.82) is 0 Å². The van der Waals surface area contributed by atoms with Crippen molar-refractivity contribution in [3.8, 4) is 0 Å². The van der Waals surface area contributed by atoms with Gasteiger partial charge in [-0.25, -0.2) is 0 Å². The molecule has 6 heteroatoms. The Bertz CT molecular complexity index is 1260. The van der Waals surface area contributed by atoms with Gasteiger partial charge in [-0.15, -0.1) is 0 Å². The van der Waals surface area contributed by atoms with Crippen LogP contribution in [0.4, 0.5) is 0 Å². The van der Waals surface area contributed by atoms with E-state index in [1.807, 2.05) is 42.5 Å². The molecule has 2 heterocycles. The summed E-state index contributed by atoms with van der Waals surface area (Å²) in [5.41, 5.74) is 5.77. The molecule has 0 radical (unpaired) electrons. The monoisotopic (exact) mass is 440 g/mol. The van der Waals surface area contributed by atoms with Gasteiger partial charge in [0.1, 0.15) is 7.11 Å². The van der Waals surface area contributed by atoms with E-state index < -0.39 is 0 Å². The van der Waals surface area contributed by atoms with E-state index in [0.29, 0.717) is 13.1 Å². The SMILES string of the molecule is CON=Cc1ccc2c(C(=O)NCc3cccnc3)c(C(C)C)n(Cc3ccccc3)c2c1. The summed E-state index contributed by atoms with van der Waals surface area (Å²) >= 11 is 0. The van der Waals surface area contributed by atoms with Gasteiger partial charge in [0.15, 0.2) is 0 Å². The minimum absolute atomic E-state index is 0.0855. The van der Waals surface area contributed by atoms with Gasteiger partial charge in [0.25, 0.3) is 5.91 Å². The molecule has 0 saturated heterocycles. The molecule has 0 bridgehead atoms. The summed E-state index contributed by atoms with van der Waals surface area (Å²) in [5, 5.41) is 7.92. The summed E-state index contributed by atoms with van der Waals surface area (Å²) in [6.45, 7) is 5.35. The molecule has 0 unspecified atom stereocenters. The van der Waals surface area contributed by atoms with Crippen molar-refractivity contribution in [2.75, 3.05) is 7.11 Å². The number of fused-ring (bicyclic) bond motifs is 1. The number of nitrogens with zero attached hydrogens (tertiary/aromatic N) is 3. The molecule has 4 aromatic rings. The molecule has 0 fully saturated rings. The number of hydrogen-bond donors (Lipinski definition) is 1. The first kappa shape index (κ1) is 22.3. The average Bonchev–Trinajstić information content (AvgIpc) is 3.16. The van der Waals surface area contributed by atoms with Gasteiger partial charge < -0.3 is 14.7 Å². The summed E-state index contributed by atoms with van der Waals surface area (Å²) in [7, 11) is 1.52. The van der Waals surface area contributed by atoms with E-state index in [2.05, 4.69) is 52.1 Å². The zero-order valence-electron chi connectivity index (χ0n) is 19.2.